The van der Waals surface area contributed by atoms with Gasteiger partial charge in [-0.15, -0.1) is 0 Å². The van der Waals surface area contributed by atoms with E-state index in [1.807, 2.05) is 18.2 Å². The van der Waals surface area contributed by atoms with Gasteiger partial charge in [0.25, 0.3) is 0 Å². The van der Waals surface area contributed by atoms with Gasteiger partial charge in [0.05, 0.1) is 12.7 Å². The second-order valence-electron chi connectivity index (χ2n) is 4.40. The van der Waals surface area contributed by atoms with Crippen molar-refractivity contribution in [3.8, 4) is 0 Å². The van der Waals surface area contributed by atoms with E-state index in [1.165, 1.54) is 0 Å². The highest BCUT2D eigenvalue weighted by atomic mass is 16.5. The Balaban J connectivity index is 1.76. The molecule has 0 bridgehead atoms. The molecule has 1 aliphatic rings. The molecule has 2 heterocycles. The maximum Gasteiger partial charge on any atom is 0.0594 e. The Bertz CT molecular complexity index is 296. The van der Waals surface area contributed by atoms with Crippen molar-refractivity contribution in [2.24, 2.45) is 5.92 Å². The average Bonchev–Trinajstić information content (AvgIpc) is 2.38. The summed E-state index contributed by atoms with van der Waals surface area (Å²) in [5.41, 5.74) is 1.05. The molecule has 0 aromatic carbocycles. The van der Waals surface area contributed by atoms with Crippen molar-refractivity contribution in [1.82, 2.24) is 4.98 Å². The Morgan fingerprint density at radius 1 is 1.50 bits per heavy atom. The molecule has 1 aromatic heterocycles. The Kier molecular flexibility index (Phi) is 4.31. The van der Waals surface area contributed by atoms with E-state index in [2.05, 4.69) is 4.98 Å². The topological polar surface area (TPSA) is 42.4 Å². The third kappa shape index (κ3) is 3.29. The fourth-order valence-electron chi connectivity index (χ4n) is 2.15. The summed E-state index contributed by atoms with van der Waals surface area (Å²) in [7, 11) is 0. The molecule has 0 spiro atoms. The van der Waals surface area contributed by atoms with E-state index in [0.29, 0.717) is 12.5 Å². The molecule has 3 heteroatoms. The minimum atomic E-state index is -0.248. The smallest absolute Gasteiger partial charge is 0.0594 e. The van der Waals surface area contributed by atoms with Gasteiger partial charge in [-0.2, -0.15) is 0 Å². The Labute approximate surface area is 96.5 Å². The van der Waals surface area contributed by atoms with E-state index in [-0.39, 0.29) is 6.10 Å². The molecule has 1 N–H and O–H groups in total. The Hall–Kier alpha value is -0.930. The molecule has 0 amide bonds. The van der Waals surface area contributed by atoms with Crippen LogP contribution < -0.4 is 0 Å². The number of hydrogen-bond acceptors (Lipinski definition) is 3. The molecular formula is C13H19NO2. The number of ether oxygens (including phenoxy) is 1. The van der Waals surface area contributed by atoms with Crippen molar-refractivity contribution >= 4 is 0 Å². The van der Waals surface area contributed by atoms with Gasteiger partial charge in [-0.05, 0) is 37.8 Å². The van der Waals surface area contributed by atoms with Crippen molar-refractivity contribution in [3.05, 3.63) is 30.1 Å². The maximum absolute atomic E-state index is 10.0. The van der Waals surface area contributed by atoms with Crippen molar-refractivity contribution in [2.45, 2.75) is 31.8 Å². The fraction of sp³-hybridized carbons (Fsp3) is 0.615. The third-order valence-electron chi connectivity index (χ3n) is 3.16. The van der Waals surface area contributed by atoms with E-state index < -0.39 is 0 Å². The van der Waals surface area contributed by atoms with Crippen LogP contribution in [0.5, 0.6) is 0 Å². The largest absolute Gasteiger partial charge is 0.393 e. The van der Waals surface area contributed by atoms with Gasteiger partial charge in [0.15, 0.2) is 0 Å². The molecule has 1 saturated heterocycles. The number of aliphatic hydroxyl groups is 1. The van der Waals surface area contributed by atoms with Gasteiger partial charge in [0.1, 0.15) is 0 Å². The highest BCUT2D eigenvalue weighted by Crippen LogP contribution is 2.20. The second-order valence-corrected chi connectivity index (χ2v) is 4.40. The van der Waals surface area contributed by atoms with Crippen LogP contribution >= 0.6 is 0 Å². The number of aromatic nitrogens is 1. The van der Waals surface area contributed by atoms with E-state index in [0.717, 1.165) is 38.0 Å². The normalized spacial score (nSPS) is 22.9. The molecule has 2 unspecified atom stereocenters. The molecular weight excluding hydrogens is 202 g/mol. The zero-order valence-electron chi connectivity index (χ0n) is 9.51. The summed E-state index contributed by atoms with van der Waals surface area (Å²) in [5, 5.41) is 10.0. The van der Waals surface area contributed by atoms with Crippen LogP contribution in [-0.2, 0) is 11.2 Å². The van der Waals surface area contributed by atoms with E-state index in [4.69, 9.17) is 4.74 Å². The van der Waals surface area contributed by atoms with Crippen LogP contribution in [-0.4, -0.2) is 29.4 Å². The summed E-state index contributed by atoms with van der Waals surface area (Å²) >= 11 is 0. The summed E-state index contributed by atoms with van der Waals surface area (Å²) < 4.78 is 5.38. The Morgan fingerprint density at radius 2 is 2.44 bits per heavy atom. The highest BCUT2D eigenvalue weighted by molar-refractivity contribution is 5.03. The fourth-order valence-corrected chi connectivity index (χ4v) is 2.15. The lowest BCUT2D eigenvalue weighted by molar-refractivity contribution is -0.0117. The molecule has 88 valence electrons. The highest BCUT2D eigenvalue weighted by Gasteiger charge is 2.21. The molecule has 0 aliphatic carbocycles. The van der Waals surface area contributed by atoms with Gasteiger partial charge in [-0.1, -0.05) is 6.07 Å². The van der Waals surface area contributed by atoms with Crippen LogP contribution in [0.3, 0.4) is 0 Å². The van der Waals surface area contributed by atoms with Crippen LogP contribution in [0.1, 0.15) is 25.0 Å². The zero-order valence-corrected chi connectivity index (χ0v) is 9.51. The lowest BCUT2D eigenvalue weighted by atomic mass is 9.92. The summed E-state index contributed by atoms with van der Waals surface area (Å²) in [5.74, 6) is 0.317. The summed E-state index contributed by atoms with van der Waals surface area (Å²) in [6.45, 7) is 1.56. The third-order valence-corrected chi connectivity index (χ3v) is 3.16. The van der Waals surface area contributed by atoms with Gasteiger partial charge in [-0.25, -0.2) is 0 Å². The molecule has 16 heavy (non-hydrogen) atoms. The van der Waals surface area contributed by atoms with E-state index in [1.54, 1.807) is 6.20 Å². The second kappa shape index (κ2) is 5.97. The molecule has 2 atom stereocenters. The lowest BCUT2D eigenvalue weighted by Gasteiger charge is -2.26. The molecule has 0 radical (unpaired) electrons. The summed E-state index contributed by atoms with van der Waals surface area (Å²) in [6.07, 6.45) is 5.34. The van der Waals surface area contributed by atoms with Crippen LogP contribution in [0, 0.1) is 5.92 Å². The van der Waals surface area contributed by atoms with Crippen LogP contribution in [0.4, 0.5) is 0 Å². The predicted octanol–water partition coefficient (Wildman–Crippen LogP) is 1.80. The Morgan fingerprint density at radius 3 is 3.12 bits per heavy atom. The first kappa shape index (κ1) is 11.6. The number of aryl methyl sites for hydroxylation is 1. The van der Waals surface area contributed by atoms with Crippen molar-refractivity contribution in [3.63, 3.8) is 0 Å². The standard InChI is InChI=1S/C13H19NO2/c15-13(11-4-3-9-16-10-11)7-6-12-5-1-2-8-14-12/h1-2,5,8,11,13,15H,3-4,6-7,9-10H2. The number of pyridine rings is 1. The van der Waals surface area contributed by atoms with Crippen molar-refractivity contribution < 1.29 is 9.84 Å². The molecule has 1 fully saturated rings. The van der Waals surface area contributed by atoms with Gasteiger partial charge in [-0.3, -0.25) is 4.98 Å². The SMILES string of the molecule is OC(CCc1ccccn1)C1CCCOC1. The van der Waals surface area contributed by atoms with Crippen molar-refractivity contribution in [1.29, 1.82) is 0 Å². The van der Waals surface area contributed by atoms with Crippen LogP contribution in [0.25, 0.3) is 0 Å². The number of rotatable bonds is 4. The minimum absolute atomic E-state index is 0.248. The first-order chi connectivity index (χ1) is 7.86. The molecule has 3 nitrogen and oxygen atoms in total. The van der Waals surface area contributed by atoms with Crippen LogP contribution in [0.2, 0.25) is 0 Å². The molecule has 1 aliphatic heterocycles. The van der Waals surface area contributed by atoms with E-state index in [9.17, 15) is 5.11 Å². The lowest BCUT2D eigenvalue weighted by Crippen LogP contribution is -2.29. The van der Waals surface area contributed by atoms with Gasteiger partial charge in [0.2, 0.25) is 0 Å². The van der Waals surface area contributed by atoms with E-state index >= 15 is 0 Å². The number of nitrogens with zero attached hydrogens (tertiary/aromatic N) is 1. The number of aliphatic hydroxyl groups excluding tert-OH is 1. The number of hydrogen-bond donors (Lipinski definition) is 1. The van der Waals surface area contributed by atoms with Crippen molar-refractivity contribution in [2.75, 3.05) is 13.2 Å². The minimum Gasteiger partial charge on any atom is -0.393 e. The first-order valence-electron chi connectivity index (χ1n) is 6.02. The monoisotopic (exact) mass is 221 g/mol. The van der Waals surface area contributed by atoms with Gasteiger partial charge >= 0.3 is 0 Å². The quantitative estimate of drug-likeness (QED) is 0.843. The predicted molar refractivity (Wildman–Crippen MR) is 62.1 cm³/mol. The maximum atomic E-state index is 10.0. The first-order valence-corrected chi connectivity index (χ1v) is 6.02. The van der Waals surface area contributed by atoms with Gasteiger partial charge < -0.3 is 9.84 Å². The average molecular weight is 221 g/mol. The summed E-state index contributed by atoms with van der Waals surface area (Å²) in [4.78, 5) is 4.25. The zero-order chi connectivity index (χ0) is 11.2. The van der Waals surface area contributed by atoms with Gasteiger partial charge in [0, 0.05) is 24.4 Å². The summed E-state index contributed by atoms with van der Waals surface area (Å²) in [6, 6.07) is 5.90. The molecule has 2 rings (SSSR count). The molecule has 1 aromatic rings. The molecule has 0 saturated carbocycles. The van der Waals surface area contributed by atoms with Crippen LogP contribution in [0.15, 0.2) is 24.4 Å².